The summed E-state index contributed by atoms with van der Waals surface area (Å²) < 4.78 is 7.25. The molecule has 0 aliphatic rings. The van der Waals surface area contributed by atoms with Crippen LogP contribution < -0.4 is 5.73 Å². The van der Waals surface area contributed by atoms with Crippen LogP contribution in [0.4, 0.5) is 5.69 Å². The zero-order valence-corrected chi connectivity index (χ0v) is 12.7. The van der Waals surface area contributed by atoms with Gasteiger partial charge in [-0.25, -0.2) is 9.97 Å². The minimum atomic E-state index is -0.00628. The highest BCUT2D eigenvalue weighted by Gasteiger charge is 2.18. The van der Waals surface area contributed by atoms with Crippen molar-refractivity contribution in [3.05, 3.63) is 42.3 Å². The average molecular weight is 309 g/mol. The Hall–Kier alpha value is -3.16. The zero-order valence-electron chi connectivity index (χ0n) is 12.7. The Morgan fingerprint density at radius 1 is 1.35 bits per heavy atom. The summed E-state index contributed by atoms with van der Waals surface area (Å²) in [4.78, 5) is 8.69. The zero-order chi connectivity index (χ0) is 16.0. The van der Waals surface area contributed by atoms with Crippen LogP contribution in [0.1, 0.15) is 24.2 Å². The smallest absolute Gasteiger partial charge is 0.181 e. The van der Waals surface area contributed by atoms with E-state index in [0.717, 1.165) is 16.8 Å². The molecule has 116 valence electrons. The van der Waals surface area contributed by atoms with E-state index < -0.39 is 0 Å². The summed E-state index contributed by atoms with van der Waals surface area (Å²) in [5.74, 6) is 0.620. The fraction of sp³-hybridized carbons (Fsp3) is 0.200. The molecule has 0 saturated carbocycles. The summed E-state index contributed by atoms with van der Waals surface area (Å²) >= 11 is 0. The number of fused-ring (bicyclic) bond motifs is 1. The predicted molar refractivity (Wildman–Crippen MR) is 84.6 cm³/mol. The highest BCUT2D eigenvalue weighted by Crippen LogP contribution is 2.30. The van der Waals surface area contributed by atoms with Crippen LogP contribution in [0.25, 0.3) is 22.5 Å². The summed E-state index contributed by atoms with van der Waals surface area (Å²) in [6, 6.07) is 1.78. The molecule has 8 heteroatoms. The second-order valence-corrected chi connectivity index (χ2v) is 5.39. The summed E-state index contributed by atoms with van der Waals surface area (Å²) in [5.41, 5.74) is 10.8. The maximum absolute atomic E-state index is 6.26. The van der Waals surface area contributed by atoms with Gasteiger partial charge in [-0.1, -0.05) is 0 Å². The number of anilines is 1. The van der Waals surface area contributed by atoms with Gasteiger partial charge in [-0.15, -0.1) is 0 Å². The van der Waals surface area contributed by atoms with Crippen molar-refractivity contribution < 1.29 is 4.42 Å². The molecule has 1 unspecified atom stereocenters. The average Bonchev–Trinajstić information content (AvgIpc) is 3.26. The standard InChI is InChI=1S/C15H15N7O/c1-8-15(23-7-17-8)12-3-11(16)14-13(21-12)6-20-22(14)9(2)10-4-18-19-5-10/h3-7,9H,1-2H3,(H2,16,21)(H,18,19). The molecule has 3 N–H and O–H groups in total. The molecule has 0 bridgehead atoms. The maximum Gasteiger partial charge on any atom is 0.181 e. The maximum atomic E-state index is 6.26. The molecule has 0 aliphatic carbocycles. The summed E-state index contributed by atoms with van der Waals surface area (Å²) in [7, 11) is 0. The van der Waals surface area contributed by atoms with Gasteiger partial charge in [-0.05, 0) is 19.9 Å². The van der Waals surface area contributed by atoms with Crippen molar-refractivity contribution in [1.82, 2.24) is 29.9 Å². The summed E-state index contributed by atoms with van der Waals surface area (Å²) in [5, 5.41) is 11.2. The summed E-state index contributed by atoms with van der Waals surface area (Å²) in [6.07, 6.45) is 6.72. The van der Waals surface area contributed by atoms with Gasteiger partial charge in [0, 0.05) is 11.8 Å². The molecular formula is C15H15N7O. The normalized spacial score (nSPS) is 12.8. The highest BCUT2D eigenvalue weighted by molar-refractivity contribution is 5.89. The molecule has 4 aromatic rings. The van der Waals surface area contributed by atoms with Gasteiger partial charge in [0.2, 0.25) is 0 Å². The molecule has 4 heterocycles. The van der Waals surface area contributed by atoms with Crippen LogP contribution in [0.3, 0.4) is 0 Å². The molecule has 0 amide bonds. The second kappa shape index (κ2) is 4.94. The third kappa shape index (κ3) is 2.07. The Balaban J connectivity index is 1.86. The van der Waals surface area contributed by atoms with E-state index in [-0.39, 0.29) is 6.04 Å². The number of aryl methyl sites for hydroxylation is 1. The van der Waals surface area contributed by atoms with Crippen LogP contribution >= 0.6 is 0 Å². The van der Waals surface area contributed by atoms with Crippen molar-refractivity contribution in [2.75, 3.05) is 5.73 Å². The van der Waals surface area contributed by atoms with Crippen molar-refractivity contribution in [2.45, 2.75) is 19.9 Å². The number of pyridine rings is 1. The van der Waals surface area contributed by atoms with E-state index in [1.54, 1.807) is 18.5 Å². The van der Waals surface area contributed by atoms with Crippen LogP contribution in [-0.4, -0.2) is 29.9 Å². The topological polar surface area (TPSA) is 111 Å². The molecular weight excluding hydrogens is 294 g/mol. The van der Waals surface area contributed by atoms with E-state index >= 15 is 0 Å². The molecule has 23 heavy (non-hydrogen) atoms. The molecule has 8 nitrogen and oxygen atoms in total. The first-order chi connectivity index (χ1) is 11.1. The van der Waals surface area contributed by atoms with Crippen molar-refractivity contribution in [3.63, 3.8) is 0 Å². The second-order valence-electron chi connectivity index (χ2n) is 5.39. The minimum Gasteiger partial charge on any atom is -0.442 e. The number of nitrogens with zero attached hydrogens (tertiary/aromatic N) is 5. The van der Waals surface area contributed by atoms with Crippen LogP contribution in [0.2, 0.25) is 0 Å². The number of hydrogen-bond donors (Lipinski definition) is 2. The quantitative estimate of drug-likeness (QED) is 0.600. The first-order valence-corrected chi connectivity index (χ1v) is 7.18. The molecule has 0 radical (unpaired) electrons. The van der Waals surface area contributed by atoms with E-state index in [2.05, 4.69) is 25.3 Å². The van der Waals surface area contributed by atoms with Crippen molar-refractivity contribution in [1.29, 1.82) is 0 Å². The van der Waals surface area contributed by atoms with Crippen molar-refractivity contribution in [2.24, 2.45) is 0 Å². The van der Waals surface area contributed by atoms with Gasteiger partial charge in [0.25, 0.3) is 0 Å². The van der Waals surface area contributed by atoms with Gasteiger partial charge in [-0.2, -0.15) is 10.2 Å². The van der Waals surface area contributed by atoms with E-state index in [1.807, 2.05) is 24.7 Å². The van der Waals surface area contributed by atoms with Crippen LogP contribution in [0.5, 0.6) is 0 Å². The molecule has 4 aromatic heterocycles. The van der Waals surface area contributed by atoms with Gasteiger partial charge >= 0.3 is 0 Å². The molecule has 4 rings (SSSR count). The van der Waals surface area contributed by atoms with E-state index in [1.165, 1.54) is 6.39 Å². The number of rotatable bonds is 3. The number of nitrogens with two attached hydrogens (primary N) is 1. The Kier molecular flexibility index (Phi) is 2.90. The molecule has 1 atom stereocenters. The van der Waals surface area contributed by atoms with Gasteiger partial charge in [-0.3, -0.25) is 9.78 Å². The van der Waals surface area contributed by atoms with Gasteiger partial charge in [0.1, 0.15) is 16.7 Å². The minimum absolute atomic E-state index is 0.00628. The molecule has 0 saturated heterocycles. The number of aromatic nitrogens is 6. The largest absolute Gasteiger partial charge is 0.442 e. The summed E-state index contributed by atoms with van der Waals surface area (Å²) in [6.45, 7) is 3.90. The Morgan fingerprint density at radius 3 is 2.91 bits per heavy atom. The number of H-pyrrole nitrogens is 1. The van der Waals surface area contributed by atoms with Crippen molar-refractivity contribution in [3.8, 4) is 11.5 Å². The first-order valence-electron chi connectivity index (χ1n) is 7.18. The van der Waals surface area contributed by atoms with Crippen LogP contribution in [-0.2, 0) is 0 Å². The molecule has 0 aromatic carbocycles. The van der Waals surface area contributed by atoms with E-state index in [9.17, 15) is 0 Å². The SMILES string of the molecule is Cc1ncoc1-c1cc(N)c2c(cnn2C(C)c2cn[nH]c2)n1. The van der Waals surface area contributed by atoms with Crippen molar-refractivity contribution >= 4 is 16.7 Å². The Morgan fingerprint density at radius 2 is 2.22 bits per heavy atom. The van der Waals surface area contributed by atoms with Gasteiger partial charge < -0.3 is 10.2 Å². The first kappa shape index (κ1) is 13.5. The fourth-order valence-electron chi connectivity index (χ4n) is 2.68. The van der Waals surface area contributed by atoms with E-state index in [4.69, 9.17) is 10.2 Å². The molecule has 0 spiro atoms. The third-order valence-corrected chi connectivity index (χ3v) is 3.93. The van der Waals surface area contributed by atoms with Crippen LogP contribution in [0, 0.1) is 6.92 Å². The fourth-order valence-corrected chi connectivity index (χ4v) is 2.68. The predicted octanol–water partition coefficient (Wildman–Crippen LogP) is 2.31. The lowest BCUT2D eigenvalue weighted by Crippen LogP contribution is -2.09. The highest BCUT2D eigenvalue weighted by atomic mass is 16.3. The molecule has 0 fully saturated rings. The number of hydrogen-bond acceptors (Lipinski definition) is 6. The third-order valence-electron chi connectivity index (χ3n) is 3.93. The lowest BCUT2D eigenvalue weighted by molar-refractivity contribution is 0.569. The number of aromatic amines is 1. The number of nitrogen functional groups attached to an aromatic ring is 1. The van der Waals surface area contributed by atoms with Gasteiger partial charge in [0.15, 0.2) is 12.2 Å². The Labute approximate surface area is 131 Å². The number of oxazole rings is 1. The van der Waals surface area contributed by atoms with Crippen LogP contribution in [0.15, 0.2) is 35.5 Å². The van der Waals surface area contributed by atoms with E-state index in [0.29, 0.717) is 22.7 Å². The monoisotopic (exact) mass is 309 g/mol. The number of nitrogens with one attached hydrogen (secondary N) is 1. The molecule has 0 aliphatic heterocycles. The lowest BCUT2D eigenvalue weighted by Gasteiger charge is -2.12. The Bertz CT molecular complexity index is 967. The van der Waals surface area contributed by atoms with Gasteiger partial charge in [0.05, 0.1) is 29.8 Å². The lowest BCUT2D eigenvalue weighted by atomic mass is 10.1.